The first-order valence-electron chi connectivity index (χ1n) is 4.40. The van der Waals surface area contributed by atoms with Gasteiger partial charge < -0.3 is 10.1 Å². The van der Waals surface area contributed by atoms with Crippen LogP contribution >= 0.6 is 34.5 Å². The zero-order valence-electron chi connectivity index (χ0n) is 8.33. The maximum absolute atomic E-state index is 5.92. The van der Waals surface area contributed by atoms with Gasteiger partial charge in [0.15, 0.2) is 5.13 Å². The zero-order valence-corrected chi connectivity index (χ0v) is 10.7. The molecule has 2 aromatic rings. The summed E-state index contributed by atoms with van der Waals surface area (Å²) in [6.45, 7) is 0. The number of nitrogens with zero attached hydrogens (tertiary/aromatic N) is 1. The van der Waals surface area contributed by atoms with Gasteiger partial charge in [-0.15, -0.1) is 11.3 Å². The van der Waals surface area contributed by atoms with Crippen molar-refractivity contribution in [3.05, 3.63) is 33.8 Å². The summed E-state index contributed by atoms with van der Waals surface area (Å²) in [5, 5.41) is 6.66. The van der Waals surface area contributed by atoms with E-state index in [9.17, 15) is 0 Å². The summed E-state index contributed by atoms with van der Waals surface area (Å²) in [5.41, 5.74) is 0.854. The second kappa shape index (κ2) is 4.91. The minimum atomic E-state index is 0.480. The Morgan fingerprint density at radius 2 is 2.19 bits per heavy atom. The van der Waals surface area contributed by atoms with Crippen molar-refractivity contribution in [2.45, 2.75) is 0 Å². The molecule has 0 saturated heterocycles. The van der Waals surface area contributed by atoms with Crippen molar-refractivity contribution >= 4 is 45.4 Å². The molecule has 0 aliphatic carbocycles. The van der Waals surface area contributed by atoms with Gasteiger partial charge in [-0.05, 0) is 12.1 Å². The van der Waals surface area contributed by atoms with Crippen LogP contribution in [0.3, 0.4) is 0 Å². The summed E-state index contributed by atoms with van der Waals surface area (Å²) in [6, 6.07) is 5.41. The van der Waals surface area contributed by atoms with Gasteiger partial charge in [0.2, 0.25) is 0 Å². The molecule has 0 spiro atoms. The lowest BCUT2D eigenvalue weighted by atomic mass is 10.3. The van der Waals surface area contributed by atoms with E-state index < -0.39 is 0 Å². The van der Waals surface area contributed by atoms with Crippen LogP contribution in [0.4, 0.5) is 10.8 Å². The van der Waals surface area contributed by atoms with Gasteiger partial charge in [0.1, 0.15) is 10.9 Å². The van der Waals surface area contributed by atoms with Gasteiger partial charge in [-0.25, -0.2) is 4.98 Å². The Labute approximate surface area is 107 Å². The van der Waals surface area contributed by atoms with E-state index in [0.717, 1.165) is 10.8 Å². The number of ether oxygens (including phenoxy) is 1. The highest BCUT2D eigenvalue weighted by Crippen LogP contribution is 2.30. The minimum Gasteiger partial charge on any atom is -0.495 e. The highest BCUT2D eigenvalue weighted by Gasteiger charge is 2.04. The van der Waals surface area contributed by atoms with E-state index in [1.54, 1.807) is 24.6 Å². The molecule has 16 heavy (non-hydrogen) atoms. The molecule has 6 heteroatoms. The Hall–Kier alpha value is -0.970. The quantitative estimate of drug-likeness (QED) is 0.911. The summed E-state index contributed by atoms with van der Waals surface area (Å²) < 4.78 is 5.11. The van der Waals surface area contributed by atoms with Crippen molar-refractivity contribution in [2.24, 2.45) is 0 Å². The second-order valence-electron chi connectivity index (χ2n) is 2.95. The SMILES string of the molecule is COc1cc(Nc2nc(Cl)cs2)ccc1Cl. The van der Waals surface area contributed by atoms with Gasteiger partial charge in [0.25, 0.3) is 0 Å². The van der Waals surface area contributed by atoms with E-state index in [1.807, 2.05) is 6.07 Å². The van der Waals surface area contributed by atoms with Crippen LogP contribution in [0.25, 0.3) is 0 Å². The van der Waals surface area contributed by atoms with Crippen LogP contribution in [0.2, 0.25) is 10.2 Å². The molecule has 0 radical (unpaired) electrons. The molecule has 0 aliphatic rings. The minimum absolute atomic E-state index is 0.480. The topological polar surface area (TPSA) is 34.1 Å². The third-order valence-corrected chi connectivity index (χ3v) is 3.27. The fourth-order valence-electron chi connectivity index (χ4n) is 1.17. The lowest BCUT2D eigenvalue weighted by Gasteiger charge is -2.06. The van der Waals surface area contributed by atoms with Gasteiger partial charge in [0, 0.05) is 17.1 Å². The van der Waals surface area contributed by atoms with Crippen molar-refractivity contribution < 1.29 is 4.74 Å². The van der Waals surface area contributed by atoms with Crippen molar-refractivity contribution in [3.8, 4) is 5.75 Å². The number of methoxy groups -OCH3 is 1. The summed E-state index contributed by atoms with van der Waals surface area (Å²) in [4.78, 5) is 4.08. The number of hydrogen-bond donors (Lipinski definition) is 1. The van der Waals surface area contributed by atoms with Crippen LogP contribution in [0.1, 0.15) is 0 Å². The molecule has 1 aromatic carbocycles. The van der Waals surface area contributed by atoms with E-state index in [0.29, 0.717) is 15.9 Å². The van der Waals surface area contributed by atoms with E-state index in [1.165, 1.54) is 11.3 Å². The smallest absolute Gasteiger partial charge is 0.188 e. The summed E-state index contributed by atoms with van der Waals surface area (Å²) in [6.07, 6.45) is 0. The van der Waals surface area contributed by atoms with E-state index >= 15 is 0 Å². The van der Waals surface area contributed by atoms with Crippen LogP contribution in [-0.2, 0) is 0 Å². The molecule has 1 aromatic heterocycles. The summed E-state index contributed by atoms with van der Waals surface area (Å²) in [7, 11) is 1.57. The average molecular weight is 275 g/mol. The van der Waals surface area contributed by atoms with Crippen molar-refractivity contribution in [1.29, 1.82) is 0 Å². The lowest BCUT2D eigenvalue weighted by Crippen LogP contribution is -1.91. The number of nitrogens with one attached hydrogen (secondary N) is 1. The zero-order chi connectivity index (χ0) is 11.5. The van der Waals surface area contributed by atoms with E-state index in [-0.39, 0.29) is 0 Å². The number of hydrogen-bond acceptors (Lipinski definition) is 4. The van der Waals surface area contributed by atoms with Gasteiger partial charge in [-0.1, -0.05) is 23.2 Å². The standard InChI is InChI=1S/C10H8Cl2N2OS/c1-15-8-4-6(2-3-7(8)11)13-10-14-9(12)5-16-10/h2-5H,1H3,(H,13,14). The van der Waals surface area contributed by atoms with Crippen LogP contribution in [0.5, 0.6) is 5.75 Å². The fraction of sp³-hybridized carbons (Fsp3) is 0.100. The molecule has 1 heterocycles. The van der Waals surface area contributed by atoms with E-state index in [4.69, 9.17) is 27.9 Å². The first-order chi connectivity index (χ1) is 7.69. The third kappa shape index (κ3) is 2.58. The van der Waals surface area contributed by atoms with Crippen molar-refractivity contribution in [3.63, 3.8) is 0 Å². The lowest BCUT2D eigenvalue weighted by molar-refractivity contribution is 0.415. The molecule has 0 unspecified atom stereocenters. The molecule has 0 fully saturated rings. The Kier molecular flexibility index (Phi) is 3.53. The number of benzene rings is 1. The molecular weight excluding hydrogens is 267 g/mol. The Bertz CT molecular complexity index is 501. The normalized spacial score (nSPS) is 10.2. The number of rotatable bonds is 3. The summed E-state index contributed by atoms with van der Waals surface area (Å²) >= 11 is 13.1. The number of thiazole rings is 1. The largest absolute Gasteiger partial charge is 0.495 e. The Balaban J connectivity index is 2.21. The molecular formula is C10H8Cl2N2OS. The molecule has 2 rings (SSSR count). The predicted octanol–water partition coefficient (Wildman–Crippen LogP) is 4.20. The Morgan fingerprint density at radius 1 is 1.38 bits per heavy atom. The first-order valence-corrected chi connectivity index (χ1v) is 6.04. The molecule has 3 nitrogen and oxygen atoms in total. The van der Waals surface area contributed by atoms with Crippen molar-refractivity contribution in [1.82, 2.24) is 4.98 Å². The molecule has 0 bridgehead atoms. The summed E-state index contributed by atoms with van der Waals surface area (Å²) in [5.74, 6) is 0.620. The first kappa shape index (κ1) is 11.5. The van der Waals surface area contributed by atoms with Gasteiger partial charge in [0.05, 0.1) is 12.1 Å². The van der Waals surface area contributed by atoms with Gasteiger partial charge in [-0.3, -0.25) is 0 Å². The van der Waals surface area contributed by atoms with Crippen LogP contribution < -0.4 is 10.1 Å². The maximum atomic E-state index is 5.92. The number of aromatic nitrogens is 1. The molecule has 0 aliphatic heterocycles. The molecule has 1 N–H and O–H groups in total. The second-order valence-corrected chi connectivity index (χ2v) is 4.60. The van der Waals surface area contributed by atoms with Gasteiger partial charge in [-0.2, -0.15) is 0 Å². The fourth-order valence-corrected chi connectivity index (χ4v) is 2.22. The molecule has 0 atom stereocenters. The van der Waals surface area contributed by atoms with Crippen LogP contribution in [0, 0.1) is 0 Å². The maximum Gasteiger partial charge on any atom is 0.188 e. The van der Waals surface area contributed by atoms with Gasteiger partial charge >= 0.3 is 0 Å². The highest BCUT2D eigenvalue weighted by molar-refractivity contribution is 7.14. The Morgan fingerprint density at radius 3 is 2.81 bits per heavy atom. The van der Waals surface area contributed by atoms with Crippen LogP contribution in [0.15, 0.2) is 23.6 Å². The van der Waals surface area contributed by atoms with E-state index in [2.05, 4.69) is 10.3 Å². The number of anilines is 2. The predicted molar refractivity (Wildman–Crippen MR) is 68.4 cm³/mol. The van der Waals surface area contributed by atoms with Crippen molar-refractivity contribution in [2.75, 3.05) is 12.4 Å². The molecule has 0 amide bonds. The molecule has 84 valence electrons. The van der Waals surface area contributed by atoms with Crippen LogP contribution in [-0.4, -0.2) is 12.1 Å². The number of halogens is 2. The highest BCUT2D eigenvalue weighted by atomic mass is 35.5. The third-order valence-electron chi connectivity index (χ3n) is 1.88. The average Bonchev–Trinajstić information content (AvgIpc) is 2.67. The monoisotopic (exact) mass is 274 g/mol. The molecule has 0 saturated carbocycles.